The van der Waals surface area contributed by atoms with Gasteiger partial charge in [-0.15, -0.1) is 0 Å². The van der Waals surface area contributed by atoms with Crippen molar-refractivity contribution in [2.75, 3.05) is 75.6 Å². The summed E-state index contributed by atoms with van der Waals surface area (Å²) in [6.45, 7) is 2.41. The number of aromatic carboxylic acids is 3. The SMILES string of the molecule is CC(F)(F)CCO.CC(F)(F)CCOc1ccc(C(=O)O)c(N)n1.COC(=O)c1ccc(=O)[nH]c1N.COC(=O)c1ccc(OCCC(C)(F)F)nc1N.COC(=O)c1ccc(OCc2ccccc2)nc1N.Nc1nc(Cl)ccc1C(=O)O.Nc1nc(OCc2ccccc2)ccc1C(=O)O.OCc1ccccc1. The number of pyridine rings is 6. The topological polar surface area (TPSA) is 522 Å². The molecule has 0 amide bonds. The Hall–Kier alpha value is -13.0. The van der Waals surface area contributed by atoms with Gasteiger partial charge in [0.25, 0.3) is 0 Å². The van der Waals surface area contributed by atoms with Crippen molar-refractivity contribution >= 4 is 82.3 Å². The van der Waals surface area contributed by atoms with Crippen molar-refractivity contribution in [1.82, 2.24) is 29.9 Å². The fourth-order valence-corrected chi connectivity index (χ4v) is 7.55. The number of H-pyrrole nitrogens is 1. The molecule has 0 aliphatic carbocycles. The maximum absolute atomic E-state index is 12.5. The molecule has 0 spiro atoms. The first-order valence-electron chi connectivity index (χ1n) is 31.6. The highest BCUT2D eigenvalue weighted by atomic mass is 35.5. The van der Waals surface area contributed by atoms with Crippen molar-refractivity contribution in [2.24, 2.45) is 0 Å². The number of halogens is 7. The molecule has 0 radical (unpaired) electrons. The maximum Gasteiger partial charge on any atom is 0.341 e. The molecule has 0 aliphatic rings. The Morgan fingerprint density at radius 1 is 0.400 bits per heavy atom. The number of carboxylic acids is 3. The zero-order valence-electron chi connectivity index (χ0n) is 59.7. The number of methoxy groups -OCH3 is 3. The van der Waals surface area contributed by atoms with Crippen LogP contribution in [-0.2, 0) is 34.0 Å². The predicted octanol–water partition coefficient (Wildman–Crippen LogP) is 10.6. The Balaban J connectivity index is 0.000000435. The van der Waals surface area contributed by atoms with Gasteiger partial charge < -0.3 is 98.1 Å². The third-order valence-electron chi connectivity index (χ3n) is 13.0. The van der Waals surface area contributed by atoms with Gasteiger partial charge in [0.15, 0.2) is 0 Å². The molecule has 0 unspecified atom stereocenters. The highest BCUT2D eigenvalue weighted by Crippen LogP contribution is 2.24. The molecule has 110 heavy (non-hydrogen) atoms. The Kier molecular flexibility index (Phi) is 40.2. The average Bonchev–Trinajstić information content (AvgIpc) is 0.851. The van der Waals surface area contributed by atoms with Crippen LogP contribution in [0.15, 0.2) is 169 Å². The van der Waals surface area contributed by atoms with Crippen LogP contribution >= 0.6 is 11.6 Å². The Morgan fingerprint density at radius 2 is 0.691 bits per heavy atom. The minimum Gasteiger partial charge on any atom is -0.478 e. The lowest BCUT2D eigenvalue weighted by molar-refractivity contribution is -0.00258. The van der Waals surface area contributed by atoms with E-state index in [1.807, 2.05) is 91.0 Å². The molecule has 31 nitrogen and oxygen atoms in total. The van der Waals surface area contributed by atoms with Gasteiger partial charge in [-0.25, -0.2) is 60.1 Å². The Labute approximate surface area is 629 Å². The van der Waals surface area contributed by atoms with E-state index in [4.69, 9.17) is 90.5 Å². The quantitative estimate of drug-likeness (QED) is 0.0122. The average molecular weight is 1570 g/mol. The van der Waals surface area contributed by atoms with Crippen LogP contribution < -0.4 is 58.9 Å². The van der Waals surface area contributed by atoms with Crippen LogP contribution in [0.1, 0.15) is 119 Å². The van der Waals surface area contributed by atoms with Gasteiger partial charge in [-0.1, -0.05) is 103 Å². The number of ether oxygens (including phenoxy) is 7. The van der Waals surface area contributed by atoms with E-state index in [0.717, 1.165) is 37.5 Å². The van der Waals surface area contributed by atoms with Crippen LogP contribution in [-0.4, -0.2) is 150 Å². The summed E-state index contributed by atoms with van der Waals surface area (Å²) in [7, 11) is 3.75. The third kappa shape index (κ3) is 37.8. The van der Waals surface area contributed by atoms with Gasteiger partial charge in [0, 0.05) is 56.2 Å². The minimum atomic E-state index is -2.81. The number of carbonyl (C=O) groups excluding carboxylic acids is 3. The number of aromatic amines is 1. The lowest BCUT2D eigenvalue weighted by atomic mass is 10.2. The van der Waals surface area contributed by atoms with Gasteiger partial charge in [0.05, 0.1) is 46.7 Å². The number of hydrogen-bond acceptors (Lipinski definition) is 27. The molecule has 18 N–H and O–H groups in total. The Bertz CT molecular complexity index is 4440. The number of aromatic nitrogens is 6. The summed E-state index contributed by atoms with van der Waals surface area (Å²) in [4.78, 5) is 97.0. The van der Waals surface area contributed by atoms with E-state index < -0.39 is 79.5 Å². The number of nitrogens with one attached hydrogen (secondary N) is 1. The summed E-state index contributed by atoms with van der Waals surface area (Å²) in [5.41, 5.74) is 35.6. The number of hydrogen-bond donors (Lipinski definition) is 12. The van der Waals surface area contributed by atoms with Crippen LogP contribution in [0, 0.1) is 0 Å². The number of rotatable bonds is 23. The molecular formula is C72H81ClF6N12O19. The predicted molar refractivity (Wildman–Crippen MR) is 392 cm³/mol. The van der Waals surface area contributed by atoms with E-state index in [2.05, 4.69) is 44.1 Å². The Morgan fingerprint density at radius 3 is 0.955 bits per heavy atom. The summed E-state index contributed by atoms with van der Waals surface area (Å²) in [5.74, 6) is -12.9. The number of alkyl halides is 6. The fraction of sp³-hybridized carbons (Fsp3) is 0.250. The largest absolute Gasteiger partial charge is 0.478 e. The number of aliphatic hydroxyl groups is 2. The lowest BCUT2D eigenvalue weighted by Crippen LogP contribution is -2.15. The van der Waals surface area contributed by atoms with E-state index in [-0.39, 0.29) is 111 Å². The van der Waals surface area contributed by atoms with Crippen LogP contribution in [0.4, 0.5) is 61.2 Å². The standard InChI is InChI=1S/C14H14N2O3.C13H12N2O3.C11H14F2N2O3.C10H12F2N2O3.C7H8N2O3.C7H8O.C6H5ClN2O2.C4H8F2O/c1-18-14(17)11-7-8-12(16-13(11)15)19-9-10-5-3-2-4-6-10;14-12-10(13(16)17)6-7-11(15-12)18-8-9-4-2-1-3-5-9;1-11(12,13)5-6-18-8-4-3-7(9(14)15-8)10(16)17-2;1-10(11,12)4-5-17-7-3-2-6(9(15)16)8(13)14-7;1-12-7(11)4-2-3-5(10)9-6(4)8;8-6-7-4-2-1-3-5-7;7-4-2-1-3(6(10)11)5(8)9-4;1-4(5,6)2-3-7/h2-8H,9H2,1H3,(H2,15,16);1-7H,8H2,(H2,14,15)(H,16,17);3-4H,5-6H2,1-2H3,(H2,14,15);2-3H,4-5H2,1H3,(H2,13,14)(H,15,16);2-3H,1H3,(H3,8,9,10);1-5,8H,6H2;1-2H,(H2,8,9)(H,10,11);7H,2-3H2,1H3. The van der Waals surface area contributed by atoms with Crippen molar-refractivity contribution in [2.45, 2.75) is 77.6 Å². The molecule has 0 aliphatic heterocycles. The number of benzene rings is 3. The van der Waals surface area contributed by atoms with Gasteiger partial charge in [0.1, 0.15) is 81.1 Å². The lowest BCUT2D eigenvalue weighted by Gasteiger charge is -2.11. The van der Waals surface area contributed by atoms with E-state index >= 15 is 0 Å². The molecule has 0 bridgehead atoms. The summed E-state index contributed by atoms with van der Waals surface area (Å²) < 4.78 is 107. The number of nitrogens with zero attached hydrogens (tertiary/aromatic N) is 5. The number of nitrogen functional groups attached to an aromatic ring is 6. The van der Waals surface area contributed by atoms with Crippen molar-refractivity contribution < 1.29 is 114 Å². The van der Waals surface area contributed by atoms with Gasteiger partial charge in [-0.2, -0.15) is 19.9 Å². The monoisotopic (exact) mass is 1570 g/mol. The molecule has 0 saturated carbocycles. The molecule has 9 rings (SSSR count). The molecule has 592 valence electrons. The van der Waals surface area contributed by atoms with Crippen LogP contribution in [0.25, 0.3) is 0 Å². The van der Waals surface area contributed by atoms with E-state index in [0.29, 0.717) is 25.0 Å². The normalized spacial score (nSPS) is 10.3. The van der Waals surface area contributed by atoms with Crippen molar-refractivity contribution in [3.8, 4) is 23.5 Å². The summed E-state index contributed by atoms with van der Waals surface area (Å²) in [6, 6.07) is 45.3. The van der Waals surface area contributed by atoms with E-state index in [9.17, 15) is 59.9 Å². The number of anilines is 6. The summed E-state index contributed by atoms with van der Waals surface area (Å²) in [5, 5.41) is 42.6. The fourth-order valence-electron chi connectivity index (χ4n) is 7.39. The number of carboxylic acid groups (broad SMARTS) is 3. The maximum atomic E-state index is 12.5. The zero-order valence-corrected chi connectivity index (χ0v) is 60.5. The summed E-state index contributed by atoms with van der Waals surface area (Å²) in [6.07, 6.45) is -1.31. The van der Waals surface area contributed by atoms with E-state index in [1.165, 1.54) is 88.1 Å². The third-order valence-corrected chi connectivity index (χ3v) is 13.2. The van der Waals surface area contributed by atoms with Gasteiger partial charge in [-0.05, 0) is 79.9 Å². The number of carbonyl (C=O) groups is 6. The molecule has 0 fully saturated rings. The molecule has 0 saturated heterocycles. The smallest absolute Gasteiger partial charge is 0.341 e. The van der Waals surface area contributed by atoms with E-state index in [1.54, 1.807) is 6.07 Å². The second-order valence-corrected chi connectivity index (χ2v) is 22.4. The molecule has 6 heterocycles. The highest BCUT2D eigenvalue weighted by molar-refractivity contribution is 6.29. The molecule has 9 aromatic rings. The first kappa shape index (κ1) is 93.1. The second-order valence-electron chi connectivity index (χ2n) is 22.0. The molecule has 0 atom stereocenters. The van der Waals surface area contributed by atoms with Crippen molar-refractivity contribution in [1.29, 1.82) is 0 Å². The van der Waals surface area contributed by atoms with Gasteiger partial charge in [0.2, 0.25) is 46.8 Å². The number of nitrogens with two attached hydrogens (primary N) is 6. The molecule has 3 aromatic carbocycles. The number of aliphatic hydroxyl groups excluding tert-OH is 2. The van der Waals surface area contributed by atoms with Gasteiger partial charge >= 0.3 is 35.8 Å². The second kappa shape index (κ2) is 47.5. The highest BCUT2D eigenvalue weighted by Gasteiger charge is 2.23. The first-order chi connectivity index (χ1) is 51.7. The summed E-state index contributed by atoms with van der Waals surface area (Å²) >= 11 is 5.44. The minimum absolute atomic E-state index is 0.0225. The van der Waals surface area contributed by atoms with Crippen LogP contribution in [0.2, 0.25) is 5.15 Å². The molecular weight excluding hydrogens is 1490 g/mol. The van der Waals surface area contributed by atoms with Crippen molar-refractivity contribution in [3.05, 3.63) is 229 Å². The zero-order chi connectivity index (χ0) is 82.7. The van der Waals surface area contributed by atoms with Crippen molar-refractivity contribution in [3.63, 3.8) is 0 Å². The van der Waals surface area contributed by atoms with Crippen LogP contribution in [0.3, 0.4) is 0 Å². The first-order valence-corrected chi connectivity index (χ1v) is 32.0. The molecule has 38 heteroatoms. The molecule has 6 aromatic heterocycles. The number of esters is 3. The van der Waals surface area contributed by atoms with Gasteiger partial charge in [-0.3, -0.25) is 4.79 Å². The van der Waals surface area contributed by atoms with Crippen LogP contribution in [0.5, 0.6) is 23.5 Å².